The van der Waals surface area contributed by atoms with E-state index in [1.165, 1.54) is 39.5 Å². The van der Waals surface area contributed by atoms with Crippen molar-refractivity contribution in [3.8, 4) is 0 Å². The summed E-state index contributed by atoms with van der Waals surface area (Å²) < 4.78 is 53.2. The van der Waals surface area contributed by atoms with Crippen molar-refractivity contribution in [2.45, 2.75) is 127 Å². The third-order valence-electron chi connectivity index (χ3n) is 6.75. The molecule has 0 aromatic heterocycles. The van der Waals surface area contributed by atoms with Crippen LogP contribution in [0.25, 0.3) is 0 Å². The molecule has 0 saturated carbocycles. The minimum absolute atomic E-state index is 0.277. The van der Waals surface area contributed by atoms with E-state index in [0.717, 1.165) is 0 Å². The molecule has 4 saturated heterocycles. The van der Waals surface area contributed by atoms with Crippen molar-refractivity contribution in [1.82, 2.24) is 5.32 Å². The standard InChI is InChI=1S/C26H39NO13S/c1-11(28)27-17-20(34-14(4)31)18(33-13(3)30)15(9-32-12(2)29)36-24(17)41-10-16-19-21(38-25(5,6)37-19)22-23(35-16)40-26(7,8)39-22/h15-24H,9-10H2,1-8H3,(H,27,28)/t15-,16+,17-,18-,19+,20-,21+,22-,23-,24+/m1/s1. The van der Waals surface area contributed by atoms with Gasteiger partial charge in [-0.1, -0.05) is 0 Å². The summed E-state index contributed by atoms with van der Waals surface area (Å²) in [6.45, 7) is 11.8. The maximum atomic E-state index is 12.2. The van der Waals surface area contributed by atoms with Gasteiger partial charge in [0.2, 0.25) is 5.91 Å². The number of hydrogen-bond acceptors (Lipinski definition) is 14. The second-order valence-corrected chi connectivity index (χ2v) is 12.4. The average molecular weight is 606 g/mol. The molecule has 0 bridgehead atoms. The molecular weight excluding hydrogens is 566 g/mol. The molecule has 15 heteroatoms. The third-order valence-corrected chi connectivity index (χ3v) is 8.00. The summed E-state index contributed by atoms with van der Waals surface area (Å²) in [7, 11) is 0. The smallest absolute Gasteiger partial charge is 0.303 e. The molecule has 0 unspecified atom stereocenters. The molecule has 14 nitrogen and oxygen atoms in total. The topological polar surface area (TPSA) is 163 Å². The highest BCUT2D eigenvalue weighted by Crippen LogP contribution is 2.45. The summed E-state index contributed by atoms with van der Waals surface area (Å²) in [5.74, 6) is -3.83. The fourth-order valence-corrected chi connectivity index (χ4v) is 6.75. The minimum Gasteiger partial charge on any atom is -0.463 e. The van der Waals surface area contributed by atoms with E-state index >= 15 is 0 Å². The predicted octanol–water partition coefficient (Wildman–Crippen LogP) is 0.772. The summed E-state index contributed by atoms with van der Waals surface area (Å²) >= 11 is 1.26. The zero-order chi connectivity index (χ0) is 30.3. The van der Waals surface area contributed by atoms with E-state index in [1.54, 1.807) is 27.7 Å². The Hall–Kier alpha value is -2.01. The molecule has 4 heterocycles. The van der Waals surface area contributed by atoms with Crippen LogP contribution >= 0.6 is 11.8 Å². The Morgan fingerprint density at radius 2 is 1.32 bits per heavy atom. The summed E-state index contributed by atoms with van der Waals surface area (Å²) in [6.07, 6.45) is -6.03. The molecule has 1 N–H and O–H groups in total. The van der Waals surface area contributed by atoms with Crippen LogP contribution in [0.3, 0.4) is 0 Å². The van der Waals surface area contributed by atoms with Crippen LogP contribution in [-0.4, -0.2) is 108 Å². The largest absolute Gasteiger partial charge is 0.463 e. The van der Waals surface area contributed by atoms with Crippen molar-refractivity contribution in [3.05, 3.63) is 0 Å². The number of ether oxygens (including phenoxy) is 9. The van der Waals surface area contributed by atoms with Gasteiger partial charge in [0.05, 0.1) is 6.10 Å². The molecule has 0 spiro atoms. The molecule has 0 aromatic carbocycles. The van der Waals surface area contributed by atoms with Gasteiger partial charge in [-0.15, -0.1) is 11.8 Å². The van der Waals surface area contributed by atoms with E-state index in [9.17, 15) is 19.2 Å². The number of hydrogen-bond donors (Lipinski definition) is 1. The maximum Gasteiger partial charge on any atom is 0.303 e. The lowest BCUT2D eigenvalue weighted by atomic mass is 9.97. The summed E-state index contributed by atoms with van der Waals surface area (Å²) in [5, 5.41) is 2.77. The molecule has 0 radical (unpaired) electrons. The first kappa shape index (κ1) is 31.9. The van der Waals surface area contributed by atoms with E-state index in [2.05, 4.69) is 5.32 Å². The number of thioether (sulfide) groups is 1. The van der Waals surface area contributed by atoms with Crippen LogP contribution in [0.15, 0.2) is 0 Å². The van der Waals surface area contributed by atoms with Crippen molar-refractivity contribution in [2.75, 3.05) is 12.4 Å². The van der Waals surface area contributed by atoms with Gasteiger partial charge < -0.3 is 47.9 Å². The fraction of sp³-hybridized carbons (Fsp3) is 0.846. The summed E-state index contributed by atoms with van der Waals surface area (Å²) in [6, 6.07) is -0.936. The molecule has 0 aromatic rings. The van der Waals surface area contributed by atoms with Crippen LogP contribution in [0.4, 0.5) is 0 Å². The molecule has 4 rings (SSSR count). The molecule has 232 valence electrons. The highest BCUT2D eigenvalue weighted by atomic mass is 32.2. The number of fused-ring (bicyclic) bond motifs is 3. The first-order valence-corrected chi connectivity index (χ1v) is 14.5. The predicted molar refractivity (Wildman–Crippen MR) is 139 cm³/mol. The SMILES string of the molecule is CC(=O)N[C@@H]1[C@@H](OC(C)=O)[C@H](OC(C)=O)[C@@H](COC(C)=O)O[C@H]1SC[C@@H]1O[C@@H]2OC(C)(C)O[C@@H]2[C@H]2OC(C)(C)O[C@H]21. The van der Waals surface area contributed by atoms with E-state index < -0.39 is 95.9 Å². The fourth-order valence-electron chi connectivity index (χ4n) is 5.45. The molecule has 10 atom stereocenters. The van der Waals surface area contributed by atoms with E-state index in [4.69, 9.17) is 42.6 Å². The van der Waals surface area contributed by atoms with Gasteiger partial charge in [0.25, 0.3) is 0 Å². The van der Waals surface area contributed by atoms with Crippen molar-refractivity contribution >= 4 is 35.6 Å². The zero-order valence-corrected chi connectivity index (χ0v) is 25.2. The van der Waals surface area contributed by atoms with E-state index in [-0.39, 0.29) is 12.4 Å². The lowest BCUT2D eigenvalue weighted by molar-refractivity contribution is -0.228. The Labute approximate surface area is 242 Å². The number of esters is 3. The van der Waals surface area contributed by atoms with Crippen LogP contribution in [0.1, 0.15) is 55.4 Å². The van der Waals surface area contributed by atoms with Crippen LogP contribution < -0.4 is 5.32 Å². The number of amides is 1. The molecular formula is C26H39NO13S. The van der Waals surface area contributed by atoms with E-state index in [0.29, 0.717) is 0 Å². The number of nitrogens with one attached hydrogen (secondary N) is 1. The first-order valence-electron chi connectivity index (χ1n) is 13.4. The quantitative estimate of drug-likeness (QED) is 0.305. The maximum absolute atomic E-state index is 12.2. The van der Waals surface area contributed by atoms with Gasteiger partial charge in [0.1, 0.15) is 42.5 Å². The average Bonchev–Trinajstić information content (AvgIpc) is 3.32. The van der Waals surface area contributed by atoms with Crippen molar-refractivity contribution in [3.63, 3.8) is 0 Å². The molecule has 1 amide bonds. The molecule has 4 aliphatic heterocycles. The van der Waals surface area contributed by atoms with Gasteiger partial charge in [-0.25, -0.2) is 0 Å². The minimum atomic E-state index is -1.17. The Bertz CT molecular complexity index is 1020. The number of rotatable bonds is 8. The van der Waals surface area contributed by atoms with Gasteiger partial charge in [0.15, 0.2) is 30.1 Å². The van der Waals surface area contributed by atoms with Gasteiger partial charge in [-0.3, -0.25) is 19.2 Å². The third kappa shape index (κ3) is 7.69. The van der Waals surface area contributed by atoms with E-state index in [1.807, 2.05) is 0 Å². The Balaban J connectivity index is 1.59. The Kier molecular flexibility index (Phi) is 9.58. The number of carbonyl (C=O) groups excluding carboxylic acids is 4. The van der Waals surface area contributed by atoms with Crippen LogP contribution in [0.2, 0.25) is 0 Å². The number of carbonyl (C=O) groups is 4. The highest BCUT2D eigenvalue weighted by Gasteiger charge is 2.61. The molecule has 0 aliphatic carbocycles. The van der Waals surface area contributed by atoms with Gasteiger partial charge in [0, 0.05) is 33.4 Å². The lowest BCUT2D eigenvalue weighted by Crippen LogP contribution is -2.65. The second-order valence-electron chi connectivity index (χ2n) is 11.3. The van der Waals surface area contributed by atoms with Gasteiger partial charge in [-0.2, -0.15) is 0 Å². The zero-order valence-electron chi connectivity index (χ0n) is 24.4. The lowest BCUT2D eigenvalue weighted by Gasteiger charge is -2.45. The monoisotopic (exact) mass is 605 g/mol. The van der Waals surface area contributed by atoms with Gasteiger partial charge >= 0.3 is 17.9 Å². The highest BCUT2D eigenvalue weighted by molar-refractivity contribution is 7.99. The van der Waals surface area contributed by atoms with Crippen molar-refractivity contribution < 1.29 is 61.8 Å². The summed E-state index contributed by atoms with van der Waals surface area (Å²) in [5.41, 5.74) is -0.845. The van der Waals surface area contributed by atoms with Gasteiger partial charge in [-0.05, 0) is 27.7 Å². The first-order chi connectivity index (χ1) is 19.0. The van der Waals surface area contributed by atoms with Crippen LogP contribution in [-0.2, 0) is 61.8 Å². The van der Waals surface area contributed by atoms with Crippen molar-refractivity contribution in [2.24, 2.45) is 0 Å². The molecule has 4 fully saturated rings. The van der Waals surface area contributed by atoms with Crippen LogP contribution in [0, 0.1) is 0 Å². The van der Waals surface area contributed by atoms with Crippen molar-refractivity contribution in [1.29, 1.82) is 0 Å². The Morgan fingerprint density at radius 1 is 0.732 bits per heavy atom. The summed E-state index contributed by atoms with van der Waals surface area (Å²) in [4.78, 5) is 47.9. The second kappa shape index (κ2) is 12.3. The van der Waals surface area contributed by atoms with Crippen LogP contribution in [0.5, 0.6) is 0 Å². The Morgan fingerprint density at radius 3 is 1.93 bits per heavy atom. The normalized spacial score (nSPS) is 38.7. The molecule has 41 heavy (non-hydrogen) atoms. The molecule has 4 aliphatic rings.